The minimum Gasteiger partial charge on any atom is -0.771 e. The number of hydroxylamine groups is 1. The van der Waals surface area contributed by atoms with Crippen LogP contribution in [0.3, 0.4) is 0 Å². The van der Waals surface area contributed by atoms with Crippen LogP contribution in [0, 0.1) is 5.21 Å². The molecule has 70 valence electrons. The number of hydrazine groups is 1. The second-order valence-electron chi connectivity index (χ2n) is 3.56. The molecule has 1 heterocycles. The van der Waals surface area contributed by atoms with Crippen molar-refractivity contribution in [3.05, 3.63) is 5.21 Å². The van der Waals surface area contributed by atoms with Gasteiger partial charge in [0.05, 0.1) is 0 Å². The number of fused-ring (bicyclic) bond motifs is 1. The zero-order valence-corrected chi connectivity index (χ0v) is 6.99. The number of rotatable bonds is 0. The molecular weight excluding hydrogens is 156 g/mol. The molecule has 5 nitrogen and oxygen atoms in total. The molecule has 1 saturated carbocycles. The second-order valence-corrected chi connectivity index (χ2v) is 3.56. The first-order valence-corrected chi connectivity index (χ1v) is 4.51. The van der Waals surface area contributed by atoms with Crippen molar-refractivity contribution in [2.75, 3.05) is 0 Å². The Morgan fingerprint density at radius 3 is 2.92 bits per heavy atom. The molecule has 1 aliphatic heterocycles. The summed E-state index contributed by atoms with van der Waals surface area (Å²) < 4.78 is 0. The molecule has 2 fully saturated rings. The topological polar surface area (TPSA) is 76.4 Å². The number of nitrogens with zero attached hydrogens (tertiary/aromatic N) is 1. The van der Waals surface area contributed by atoms with Crippen molar-refractivity contribution in [2.24, 2.45) is 5.73 Å². The number of hydrogen-bond donors (Lipinski definition) is 3. The van der Waals surface area contributed by atoms with Crippen molar-refractivity contribution < 1.29 is 0 Å². The smallest absolute Gasteiger partial charge is 0.121 e. The molecule has 0 aromatic rings. The van der Waals surface area contributed by atoms with E-state index in [-0.39, 0.29) is 18.4 Å². The molecule has 0 amide bonds. The Hall–Kier alpha value is -0.200. The van der Waals surface area contributed by atoms with Gasteiger partial charge in [-0.2, -0.15) is 0 Å². The molecule has 0 aromatic heterocycles. The molecule has 1 aliphatic carbocycles. The average molecular weight is 171 g/mol. The first-order valence-electron chi connectivity index (χ1n) is 4.51. The molecule has 3 unspecified atom stereocenters. The van der Waals surface area contributed by atoms with Crippen LogP contribution in [0.15, 0.2) is 0 Å². The van der Waals surface area contributed by atoms with Gasteiger partial charge in [0, 0.05) is 12.1 Å². The van der Waals surface area contributed by atoms with E-state index in [1.165, 1.54) is 6.42 Å². The van der Waals surface area contributed by atoms with Crippen LogP contribution < -0.4 is 16.5 Å². The SMILES string of the molecule is NC1NC2CCCCC2N([O-])N1. The van der Waals surface area contributed by atoms with E-state index in [4.69, 9.17) is 5.73 Å². The van der Waals surface area contributed by atoms with Gasteiger partial charge in [0.1, 0.15) is 6.29 Å². The van der Waals surface area contributed by atoms with Gasteiger partial charge >= 0.3 is 0 Å². The number of nitrogens with two attached hydrogens (primary N) is 1. The zero-order chi connectivity index (χ0) is 8.55. The maximum atomic E-state index is 11.3. The summed E-state index contributed by atoms with van der Waals surface area (Å²) in [7, 11) is 0. The minimum atomic E-state index is -0.373. The molecule has 0 spiro atoms. The monoisotopic (exact) mass is 171 g/mol. The Bertz CT molecular complexity index is 165. The van der Waals surface area contributed by atoms with Crippen LogP contribution in [0.4, 0.5) is 0 Å². The predicted molar refractivity (Wildman–Crippen MR) is 45.5 cm³/mol. The average Bonchev–Trinajstić information content (AvgIpc) is 2.04. The fourth-order valence-corrected chi connectivity index (χ4v) is 2.09. The largest absolute Gasteiger partial charge is 0.771 e. The summed E-state index contributed by atoms with van der Waals surface area (Å²) in [6.07, 6.45) is 4.02. The predicted octanol–water partition coefficient (Wildman–Crippen LogP) is -0.553. The minimum absolute atomic E-state index is 0.0820. The molecule has 0 aromatic carbocycles. The maximum absolute atomic E-state index is 11.3. The highest BCUT2D eigenvalue weighted by molar-refractivity contribution is 4.91. The third-order valence-corrected chi connectivity index (χ3v) is 2.69. The highest BCUT2D eigenvalue weighted by Crippen LogP contribution is 2.23. The van der Waals surface area contributed by atoms with Crippen molar-refractivity contribution in [1.29, 1.82) is 0 Å². The van der Waals surface area contributed by atoms with Crippen molar-refractivity contribution in [3.63, 3.8) is 0 Å². The quantitative estimate of drug-likeness (QED) is 0.456. The van der Waals surface area contributed by atoms with Crippen molar-refractivity contribution >= 4 is 0 Å². The zero-order valence-electron chi connectivity index (χ0n) is 6.99. The molecule has 1 saturated heterocycles. The van der Waals surface area contributed by atoms with Crippen LogP contribution in [-0.4, -0.2) is 23.5 Å². The van der Waals surface area contributed by atoms with Crippen molar-refractivity contribution in [1.82, 2.24) is 15.9 Å². The molecular formula is C7H15N4O-. The van der Waals surface area contributed by atoms with Crippen molar-refractivity contribution in [2.45, 2.75) is 44.1 Å². The van der Waals surface area contributed by atoms with Crippen LogP contribution in [0.1, 0.15) is 25.7 Å². The van der Waals surface area contributed by atoms with Gasteiger partial charge in [-0.25, -0.2) is 5.43 Å². The lowest BCUT2D eigenvalue weighted by atomic mass is 9.90. The summed E-state index contributed by atoms with van der Waals surface area (Å²) in [5.74, 6) is 0. The van der Waals surface area contributed by atoms with E-state index in [1.807, 2.05) is 0 Å². The normalized spacial score (nSPS) is 44.0. The fourth-order valence-electron chi connectivity index (χ4n) is 2.09. The van der Waals surface area contributed by atoms with Gasteiger partial charge in [-0.1, -0.05) is 12.8 Å². The summed E-state index contributed by atoms with van der Waals surface area (Å²) in [5.41, 5.74) is 8.19. The molecule has 0 radical (unpaired) electrons. The van der Waals surface area contributed by atoms with E-state index in [9.17, 15) is 5.21 Å². The summed E-state index contributed by atoms with van der Waals surface area (Å²) in [5, 5.41) is 15.4. The molecule has 2 aliphatic rings. The lowest BCUT2D eigenvalue weighted by Crippen LogP contribution is -2.70. The lowest BCUT2D eigenvalue weighted by Gasteiger charge is -2.50. The van der Waals surface area contributed by atoms with E-state index in [0.29, 0.717) is 0 Å². The first-order chi connectivity index (χ1) is 5.77. The molecule has 4 N–H and O–H groups in total. The lowest BCUT2D eigenvalue weighted by molar-refractivity contribution is 0.0396. The second kappa shape index (κ2) is 3.27. The van der Waals surface area contributed by atoms with E-state index in [0.717, 1.165) is 24.4 Å². The van der Waals surface area contributed by atoms with Crippen LogP contribution >= 0.6 is 0 Å². The van der Waals surface area contributed by atoms with E-state index in [2.05, 4.69) is 10.7 Å². The Morgan fingerprint density at radius 1 is 1.33 bits per heavy atom. The molecule has 3 atom stereocenters. The van der Waals surface area contributed by atoms with Gasteiger partial charge in [0.25, 0.3) is 0 Å². The summed E-state index contributed by atoms with van der Waals surface area (Å²) in [4.78, 5) is 0. The molecule has 2 rings (SSSR count). The number of hydrogen-bond acceptors (Lipinski definition) is 5. The Morgan fingerprint density at radius 2 is 2.08 bits per heavy atom. The first kappa shape index (κ1) is 8.40. The van der Waals surface area contributed by atoms with Crippen LogP contribution in [0.5, 0.6) is 0 Å². The standard InChI is InChI=1S/C7H15N4O/c8-7-9-5-3-1-2-4-6(5)11(12)10-7/h5-7,9-10H,1-4,8H2/q-1. The summed E-state index contributed by atoms with van der Waals surface area (Å²) in [6.45, 7) is 0. The highest BCUT2D eigenvalue weighted by Gasteiger charge is 2.31. The number of nitrogens with one attached hydrogen (secondary N) is 2. The van der Waals surface area contributed by atoms with Gasteiger partial charge in [0.2, 0.25) is 0 Å². The van der Waals surface area contributed by atoms with E-state index >= 15 is 0 Å². The molecule has 5 heteroatoms. The van der Waals surface area contributed by atoms with Crippen LogP contribution in [-0.2, 0) is 0 Å². The van der Waals surface area contributed by atoms with Crippen molar-refractivity contribution in [3.8, 4) is 0 Å². The Labute approximate surface area is 71.8 Å². The van der Waals surface area contributed by atoms with E-state index in [1.54, 1.807) is 0 Å². The summed E-state index contributed by atoms with van der Waals surface area (Å²) >= 11 is 0. The Balaban J connectivity index is 2.01. The van der Waals surface area contributed by atoms with Gasteiger partial charge in [0.15, 0.2) is 0 Å². The van der Waals surface area contributed by atoms with Gasteiger partial charge in [-0.05, 0) is 12.8 Å². The van der Waals surface area contributed by atoms with E-state index < -0.39 is 0 Å². The van der Waals surface area contributed by atoms with Gasteiger partial charge in [-0.15, -0.1) is 0 Å². The van der Waals surface area contributed by atoms with Gasteiger partial charge < -0.3 is 16.1 Å². The molecule has 12 heavy (non-hydrogen) atoms. The molecule has 0 bridgehead atoms. The third kappa shape index (κ3) is 1.46. The van der Waals surface area contributed by atoms with Crippen LogP contribution in [0.2, 0.25) is 0 Å². The maximum Gasteiger partial charge on any atom is 0.121 e. The fraction of sp³-hybridized carbons (Fsp3) is 1.00. The van der Waals surface area contributed by atoms with Crippen LogP contribution in [0.25, 0.3) is 0 Å². The highest BCUT2D eigenvalue weighted by atomic mass is 16.5. The summed E-state index contributed by atoms with van der Waals surface area (Å²) in [6, 6.07) is 0.367. The van der Waals surface area contributed by atoms with Gasteiger partial charge in [-0.3, -0.25) is 5.32 Å². The third-order valence-electron chi connectivity index (χ3n) is 2.69. The Kier molecular flexibility index (Phi) is 2.29.